The lowest BCUT2D eigenvalue weighted by Crippen LogP contribution is -2.09. The predicted molar refractivity (Wildman–Crippen MR) is 78.0 cm³/mol. The predicted octanol–water partition coefficient (Wildman–Crippen LogP) is 4.66. The molecule has 0 saturated carbocycles. The molecule has 0 amide bonds. The molecule has 90 valence electrons. The summed E-state index contributed by atoms with van der Waals surface area (Å²) in [6.45, 7) is 0.786. The van der Waals surface area contributed by atoms with Gasteiger partial charge in [-0.2, -0.15) is 0 Å². The molecule has 1 aromatic rings. The number of fused-ring (bicyclic) bond motifs is 1. The second-order valence-corrected chi connectivity index (χ2v) is 6.96. The quantitative estimate of drug-likeness (QED) is 0.686. The highest BCUT2D eigenvalue weighted by Crippen LogP contribution is 2.45. The molecule has 0 aromatic heterocycles. The van der Waals surface area contributed by atoms with Gasteiger partial charge in [0, 0.05) is 21.2 Å². The number of rotatable bonds is 0. The van der Waals surface area contributed by atoms with Crippen LogP contribution in [0.15, 0.2) is 22.4 Å². The van der Waals surface area contributed by atoms with E-state index in [-0.39, 0.29) is 0 Å². The maximum absolute atomic E-state index is 6.09. The minimum absolute atomic E-state index is 0.786. The summed E-state index contributed by atoms with van der Waals surface area (Å²) in [4.78, 5) is 0. The third-order valence-corrected chi connectivity index (χ3v) is 5.82. The van der Waals surface area contributed by atoms with Crippen LogP contribution in [0, 0.1) is 0 Å². The van der Waals surface area contributed by atoms with E-state index in [0.717, 1.165) is 23.8 Å². The van der Waals surface area contributed by atoms with Gasteiger partial charge in [0.2, 0.25) is 0 Å². The third kappa shape index (κ3) is 2.47. The van der Waals surface area contributed by atoms with Crippen LogP contribution < -0.4 is 4.74 Å². The van der Waals surface area contributed by atoms with Crippen LogP contribution in [0.2, 0.25) is 5.02 Å². The van der Waals surface area contributed by atoms with Gasteiger partial charge in [0.25, 0.3) is 0 Å². The van der Waals surface area contributed by atoms with Crippen LogP contribution in [0.3, 0.4) is 0 Å². The van der Waals surface area contributed by atoms with E-state index in [1.807, 2.05) is 41.7 Å². The lowest BCUT2D eigenvalue weighted by atomic mass is 10.0. The number of hydrogen-bond acceptors (Lipinski definition) is 3. The van der Waals surface area contributed by atoms with E-state index in [1.54, 1.807) is 0 Å². The smallest absolute Gasteiger partial charge is 0.126 e. The molecule has 2 heterocycles. The summed E-state index contributed by atoms with van der Waals surface area (Å²) in [6.07, 6.45) is 2.31. The van der Waals surface area contributed by atoms with Crippen LogP contribution in [0.1, 0.15) is 18.4 Å². The summed E-state index contributed by atoms with van der Waals surface area (Å²) in [5.41, 5.74) is 2.63. The van der Waals surface area contributed by atoms with Crippen molar-refractivity contribution in [3.63, 3.8) is 0 Å². The Kier molecular flexibility index (Phi) is 3.59. The zero-order valence-electron chi connectivity index (χ0n) is 9.37. The summed E-state index contributed by atoms with van der Waals surface area (Å²) in [5.74, 6) is 3.46. The van der Waals surface area contributed by atoms with Crippen molar-refractivity contribution in [1.29, 1.82) is 0 Å². The van der Waals surface area contributed by atoms with E-state index in [9.17, 15) is 0 Å². The molecule has 2 aliphatic rings. The van der Waals surface area contributed by atoms with Gasteiger partial charge in [0.1, 0.15) is 5.75 Å². The number of hydrogen-bond donors (Lipinski definition) is 0. The Bertz CT molecular complexity index is 462. The Labute approximate surface area is 115 Å². The van der Waals surface area contributed by atoms with E-state index in [0.29, 0.717) is 0 Å². The van der Waals surface area contributed by atoms with E-state index in [4.69, 9.17) is 16.3 Å². The van der Waals surface area contributed by atoms with E-state index in [2.05, 4.69) is 0 Å². The molecule has 17 heavy (non-hydrogen) atoms. The fourth-order valence-corrected chi connectivity index (χ4v) is 4.99. The van der Waals surface area contributed by atoms with Crippen LogP contribution in [-0.2, 0) is 0 Å². The molecule has 1 fully saturated rings. The van der Waals surface area contributed by atoms with Gasteiger partial charge in [-0.3, -0.25) is 0 Å². The van der Waals surface area contributed by atoms with Gasteiger partial charge in [-0.1, -0.05) is 11.6 Å². The molecule has 2 aliphatic heterocycles. The van der Waals surface area contributed by atoms with Crippen molar-refractivity contribution >= 4 is 40.7 Å². The number of ether oxygens (including phenoxy) is 1. The molecule has 1 nitrogen and oxygen atoms in total. The van der Waals surface area contributed by atoms with Crippen LogP contribution in [0.4, 0.5) is 0 Å². The van der Waals surface area contributed by atoms with Crippen molar-refractivity contribution in [1.82, 2.24) is 0 Å². The first-order valence-electron chi connectivity index (χ1n) is 5.76. The molecule has 4 heteroatoms. The largest absolute Gasteiger partial charge is 0.493 e. The molecule has 0 N–H and O–H groups in total. The molecule has 0 atom stereocenters. The zero-order chi connectivity index (χ0) is 11.7. The maximum Gasteiger partial charge on any atom is 0.126 e. The molecule has 3 rings (SSSR count). The summed E-state index contributed by atoms with van der Waals surface area (Å²) in [7, 11) is 0. The monoisotopic (exact) mass is 284 g/mol. The molecule has 0 unspecified atom stereocenters. The average Bonchev–Trinajstić information content (AvgIpc) is 2.39. The van der Waals surface area contributed by atoms with Crippen molar-refractivity contribution in [2.75, 3.05) is 18.1 Å². The summed E-state index contributed by atoms with van der Waals surface area (Å²) in [6, 6.07) is 5.92. The standard InChI is InChI=1S/C13H13ClOS2/c14-9-2-3-12-11(8-9)10(4-5-15-12)13-16-6-1-7-17-13/h2-3,8H,1,4-7H2. The van der Waals surface area contributed by atoms with Crippen molar-refractivity contribution in [3.8, 4) is 5.75 Å². The van der Waals surface area contributed by atoms with Gasteiger partial charge < -0.3 is 4.74 Å². The van der Waals surface area contributed by atoms with E-state index >= 15 is 0 Å². The molecule has 0 aliphatic carbocycles. The number of halogens is 1. The average molecular weight is 285 g/mol. The minimum Gasteiger partial charge on any atom is -0.493 e. The topological polar surface area (TPSA) is 9.23 Å². The van der Waals surface area contributed by atoms with Gasteiger partial charge in [-0.05, 0) is 41.7 Å². The summed E-state index contributed by atoms with van der Waals surface area (Å²) >= 11 is 10.1. The Balaban J connectivity index is 2.06. The first kappa shape index (κ1) is 11.8. The van der Waals surface area contributed by atoms with Gasteiger partial charge in [0.05, 0.1) is 6.61 Å². The van der Waals surface area contributed by atoms with Crippen LogP contribution in [0.5, 0.6) is 5.75 Å². The van der Waals surface area contributed by atoms with Gasteiger partial charge >= 0.3 is 0 Å². The fraction of sp³-hybridized carbons (Fsp3) is 0.385. The Hall–Kier alpha value is -0.250. The van der Waals surface area contributed by atoms with Crippen LogP contribution >= 0.6 is 35.1 Å². The third-order valence-electron chi connectivity index (χ3n) is 2.88. The van der Waals surface area contributed by atoms with Crippen molar-refractivity contribution < 1.29 is 4.74 Å². The fourth-order valence-electron chi connectivity index (χ4n) is 2.08. The Morgan fingerprint density at radius 2 is 2.00 bits per heavy atom. The molecular formula is C13H13ClOS2. The van der Waals surface area contributed by atoms with Gasteiger partial charge in [0.15, 0.2) is 0 Å². The summed E-state index contributed by atoms with van der Waals surface area (Å²) in [5, 5.41) is 0.790. The van der Waals surface area contributed by atoms with Gasteiger partial charge in [-0.25, -0.2) is 0 Å². The van der Waals surface area contributed by atoms with Gasteiger partial charge in [-0.15, -0.1) is 23.5 Å². The van der Waals surface area contributed by atoms with Crippen LogP contribution in [-0.4, -0.2) is 18.1 Å². The maximum atomic E-state index is 6.09. The normalized spacial score (nSPS) is 19.8. The molecule has 0 radical (unpaired) electrons. The Morgan fingerprint density at radius 3 is 2.82 bits per heavy atom. The summed E-state index contributed by atoms with van der Waals surface area (Å²) < 4.78 is 7.16. The molecule has 0 bridgehead atoms. The lowest BCUT2D eigenvalue weighted by Gasteiger charge is -2.24. The molecule has 1 aromatic carbocycles. The lowest BCUT2D eigenvalue weighted by molar-refractivity contribution is 0.316. The highest BCUT2D eigenvalue weighted by atomic mass is 35.5. The Morgan fingerprint density at radius 1 is 1.18 bits per heavy atom. The minimum atomic E-state index is 0.786. The molecule has 1 saturated heterocycles. The van der Waals surface area contributed by atoms with Crippen LogP contribution in [0.25, 0.3) is 5.57 Å². The highest BCUT2D eigenvalue weighted by Gasteiger charge is 2.21. The van der Waals surface area contributed by atoms with E-state index in [1.165, 1.54) is 33.3 Å². The molecule has 0 spiro atoms. The first-order chi connectivity index (χ1) is 8.34. The highest BCUT2D eigenvalue weighted by molar-refractivity contribution is 8.23. The SMILES string of the molecule is Clc1ccc2c(c1)C(=C1SCCCS1)CCO2. The van der Waals surface area contributed by atoms with E-state index < -0.39 is 0 Å². The molecular weight excluding hydrogens is 272 g/mol. The number of benzene rings is 1. The second kappa shape index (κ2) is 5.17. The zero-order valence-corrected chi connectivity index (χ0v) is 11.8. The first-order valence-corrected chi connectivity index (χ1v) is 8.11. The second-order valence-electron chi connectivity index (χ2n) is 4.06. The number of thioether (sulfide) groups is 2. The van der Waals surface area contributed by atoms with Crippen molar-refractivity contribution in [2.45, 2.75) is 12.8 Å². The van der Waals surface area contributed by atoms with Crippen molar-refractivity contribution in [2.24, 2.45) is 0 Å². The van der Waals surface area contributed by atoms with Crippen molar-refractivity contribution in [3.05, 3.63) is 33.0 Å².